The Morgan fingerprint density at radius 2 is 2.14 bits per heavy atom. The molecule has 122 valence electrons. The van der Waals surface area contributed by atoms with E-state index >= 15 is 0 Å². The number of aryl methyl sites for hydroxylation is 3. The maximum Gasteiger partial charge on any atom is 0.214 e. The number of nitrogens with zero attached hydrogens (tertiary/aromatic N) is 4. The highest BCUT2D eigenvalue weighted by Crippen LogP contribution is 2.07. The molecule has 0 atom stereocenters. The lowest BCUT2D eigenvalue weighted by Crippen LogP contribution is -2.36. The fourth-order valence-electron chi connectivity index (χ4n) is 1.84. The summed E-state index contributed by atoms with van der Waals surface area (Å²) in [5.41, 5.74) is 1.99. The van der Waals surface area contributed by atoms with Gasteiger partial charge in [-0.05, 0) is 20.8 Å². The lowest BCUT2D eigenvalue weighted by molar-refractivity contribution is 0.463. The highest BCUT2D eigenvalue weighted by atomic mass is 127. The van der Waals surface area contributed by atoms with E-state index in [4.69, 9.17) is 4.42 Å². The van der Waals surface area contributed by atoms with Crippen LogP contribution in [0.1, 0.15) is 29.8 Å². The van der Waals surface area contributed by atoms with Crippen LogP contribution in [0.15, 0.2) is 21.8 Å². The van der Waals surface area contributed by atoms with Gasteiger partial charge < -0.3 is 15.1 Å². The number of hydrogen-bond acceptors (Lipinski definition) is 4. The minimum atomic E-state index is 0. The Bertz CT molecular complexity index is 599. The predicted octanol–water partition coefficient (Wildman–Crippen LogP) is 1.90. The van der Waals surface area contributed by atoms with E-state index in [2.05, 4.69) is 25.7 Å². The largest absolute Gasteiger partial charge is 0.444 e. The summed E-state index contributed by atoms with van der Waals surface area (Å²) in [4.78, 5) is 8.85. The maximum absolute atomic E-state index is 5.54. The van der Waals surface area contributed by atoms with Gasteiger partial charge in [0.15, 0.2) is 5.96 Å². The fraction of sp³-hybridized carbons (Fsp3) is 0.500. The van der Waals surface area contributed by atoms with Gasteiger partial charge in [-0.3, -0.25) is 4.68 Å². The van der Waals surface area contributed by atoms with E-state index in [9.17, 15) is 0 Å². The van der Waals surface area contributed by atoms with Gasteiger partial charge in [0.25, 0.3) is 0 Å². The minimum Gasteiger partial charge on any atom is -0.444 e. The molecule has 0 radical (unpaired) electrons. The average molecular weight is 418 g/mol. The highest BCUT2D eigenvalue weighted by Gasteiger charge is 2.06. The lowest BCUT2D eigenvalue weighted by atomic mass is 10.4. The third kappa shape index (κ3) is 5.32. The molecule has 0 saturated heterocycles. The van der Waals surface area contributed by atoms with Crippen LogP contribution in [-0.2, 0) is 20.1 Å². The van der Waals surface area contributed by atoms with Crippen LogP contribution in [0.3, 0.4) is 0 Å². The van der Waals surface area contributed by atoms with Crippen LogP contribution in [0, 0.1) is 13.8 Å². The molecule has 22 heavy (non-hydrogen) atoms. The van der Waals surface area contributed by atoms with Crippen LogP contribution in [-0.4, -0.2) is 27.3 Å². The predicted molar refractivity (Wildman–Crippen MR) is 96.3 cm³/mol. The Morgan fingerprint density at radius 1 is 1.36 bits per heavy atom. The first-order valence-corrected chi connectivity index (χ1v) is 7.01. The molecular formula is C14H23IN6O. The van der Waals surface area contributed by atoms with Crippen molar-refractivity contribution in [3.8, 4) is 0 Å². The first-order chi connectivity index (χ1) is 10.1. The third-order valence-electron chi connectivity index (χ3n) is 3.00. The van der Waals surface area contributed by atoms with Crippen LogP contribution in [0.5, 0.6) is 0 Å². The molecule has 0 aliphatic carbocycles. The highest BCUT2D eigenvalue weighted by molar-refractivity contribution is 14.0. The molecule has 0 unspecified atom stereocenters. The molecule has 2 rings (SSSR count). The van der Waals surface area contributed by atoms with Gasteiger partial charge >= 0.3 is 0 Å². The molecule has 7 nitrogen and oxygen atoms in total. The monoisotopic (exact) mass is 418 g/mol. The van der Waals surface area contributed by atoms with Gasteiger partial charge in [-0.2, -0.15) is 5.10 Å². The van der Waals surface area contributed by atoms with E-state index in [0.29, 0.717) is 19.0 Å². The number of halogens is 1. The molecule has 0 saturated carbocycles. The summed E-state index contributed by atoms with van der Waals surface area (Å²) in [5.74, 6) is 2.25. The second-order valence-corrected chi connectivity index (χ2v) is 4.82. The minimum absolute atomic E-state index is 0. The van der Waals surface area contributed by atoms with Gasteiger partial charge in [-0.15, -0.1) is 24.0 Å². The summed E-state index contributed by atoms with van der Waals surface area (Å²) in [6.45, 7) is 7.75. The van der Waals surface area contributed by atoms with Crippen LogP contribution < -0.4 is 10.6 Å². The molecule has 2 heterocycles. The normalized spacial score (nSPS) is 11.2. The number of nitrogens with one attached hydrogen (secondary N) is 2. The fourth-order valence-corrected chi connectivity index (χ4v) is 1.84. The van der Waals surface area contributed by atoms with Crippen molar-refractivity contribution >= 4 is 29.9 Å². The van der Waals surface area contributed by atoms with E-state index in [-0.39, 0.29) is 24.0 Å². The van der Waals surface area contributed by atoms with Gasteiger partial charge in [-0.1, -0.05) is 0 Å². The molecule has 0 bridgehead atoms. The van der Waals surface area contributed by atoms with E-state index in [1.54, 1.807) is 4.68 Å². The maximum atomic E-state index is 5.54. The van der Waals surface area contributed by atoms with Crippen molar-refractivity contribution in [1.29, 1.82) is 0 Å². The third-order valence-corrected chi connectivity index (χ3v) is 3.00. The zero-order chi connectivity index (χ0) is 15.2. The van der Waals surface area contributed by atoms with Gasteiger partial charge in [0.2, 0.25) is 5.89 Å². The molecule has 0 amide bonds. The molecule has 8 heteroatoms. The number of hydrogen-bond donors (Lipinski definition) is 2. The van der Waals surface area contributed by atoms with Gasteiger partial charge in [0.1, 0.15) is 5.76 Å². The summed E-state index contributed by atoms with van der Waals surface area (Å²) in [6.07, 6.45) is 3.77. The van der Waals surface area contributed by atoms with Gasteiger partial charge in [0, 0.05) is 25.4 Å². The summed E-state index contributed by atoms with van der Waals surface area (Å²) in [6, 6.07) is 0. The molecule has 0 aliphatic rings. The number of guanidine groups is 1. The number of aromatic nitrogens is 3. The number of rotatable bonds is 5. The van der Waals surface area contributed by atoms with Gasteiger partial charge in [0.05, 0.1) is 25.0 Å². The zero-order valence-electron chi connectivity index (χ0n) is 13.4. The Balaban J connectivity index is 0.00000242. The zero-order valence-corrected chi connectivity index (χ0v) is 15.7. The van der Waals surface area contributed by atoms with Crippen molar-refractivity contribution in [3.05, 3.63) is 35.3 Å². The van der Waals surface area contributed by atoms with Crippen LogP contribution >= 0.6 is 24.0 Å². The van der Waals surface area contributed by atoms with Crippen molar-refractivity contribution in [1.82, 2.24) is 25.4 Å². The SMILES string of the molecule is CCNC(=NCc1cnn(C)c1)NCc1nc(C)c(C)o1.I. The first kappa shape index (κ1) is 18.5. The second kappa shape index (κ2) is 8.76. The summed E-state index contributed by atoms with van der Waals surface area (Å²) < 4.78 is 7.31. The number of oxazole rings is 1. The molecule has 2 aromatic heterocycles. The molecular weight excluding hydrogens is 395 g/mol. The Morgan fingerprint density at radius 3 is 2.68 bits per heavy atom. The molecule has 0 fully saturated rings. The number of aliphatic imine (C=N–C) groups is 1. The summed E-state index contributed by atoms with van der Waals surface area (Å²) >= 11 is 0. The molecule has 0 aliphatic heterocycles. The van der Waals surface area contributed by atoms with E-state index in [0.717, 1.165) is 29.5 Å². The summed E-state index contributed by atoms with van der Waals surface area (Å²) in [5, 5.41) is 10.5. The quantitative estimate of drug-likeness (QED) is 0.441. The average Bonchev–Trinajstić information content (AvgIpc) is 3.00. The molecule has 0 spiro atoms. The molecule has 0 aromatic carbocycles. The van der Waals surface area contributed by atoms with Crippen LogP contribution in [0.4, 0.5) is 0 Å². The topological polar surface area (TPSA) is 80.3 Å². The Hall–Kier alpha value is -1.58. The van der Waals surface area contributed by atoms with E-state index < -0.39 is 0 Å². The smallest absolute Gasteiger partial charge is 0.214 e. The van der Waals surface area contributed by atoms with Gasteiger partial charge in [-0.25, -0.2) is 9.98 Å². The standard InChI is InChI=1S/C14H22N6O.HI/c1-5-15-14(16-6-12-7-18-20(4)9-12)17-8-13-19-10(2)11(3)21-13;/h7,9H,5-6,8H2,1-4H3,(H2,15,16,17);1H. The lowest BCUT2D eigenvalue weighted by Gasteiger charge is -2.09. The van der Waals surface area contributed by atoms with Crippen molar-refractivity contribution in [2.24, 2.45) is 12.0 Å². The van der Waals surface area contributed by atoms with E-state index in [1.807, 2.05) is 40.2 Å². The van der Waals surface area contributed by atoms with E-state index in [1.165, 1.54) is 0 Å². The van der Waals surface area contributed by atoms with Crippen LogP contribution in [0.2, 0.25) is 0 Å². The Kier molecular flexibility index (Phi) is 7.36. The first-order valence-electron chi connectivity index (χ1n) is 7.01. The van der Waals surface area contributed by atoms with Crippen molar-refractivity contribution in [2.75, 3.05) is 6.54 Å². The second-order valence-electron chi connectivity index (χ2n) is 4.82. The van der Waals surface area contributed by atoms with Crippen molar-refractivity contribution in [3.63, 3.8) is 0 Å². The Labute approximate surface area is 147 Å². The van der Waals surface area contributed by atoms with Crippen molar-refractivity contribution in [2.45, 2.75) is 33.9 Å². The molecule has 2 N–H and O–H groups in total. The van der Waals surface area contributed by atoms with Crippen LogP contribution in [0.25, 0.3) is 0 Å². The molecule has 2 aromatic rings. The van der Waals surface area contributed by atoms with Crippen molar-refractivity contribution < 1.29 is 4.42 Å². The summed E-state index contributed by atoms with van der Waals surface area (Å²) in [7, 11) is 1.89.